The monoisotopic (exact) mass is 352 g/mol. The predicted molar refractivity (Wildman–Crippen MR) is 71.1 cm³/mol. The van der Waals surface area contributed by atoms with Crippen LogP contribution in [0.4, 0.5) is 5.69 Å². The van der Waals surface area contributed by atoms with Gasteiger partial charge >= 0.3 is 0 Å². The van der Waals surface area contributed by atoms with E-state index in [2.05, 4.69) is 20.7 Å². The van der Waals surface area contributed by atoms with Crippen LogP contribution in [0.15, 0.2) is 22.7 Å². The van der Waals surface area contributed by atoms with Crippen LogP contribution in [0.3, 0.4) is 0 Å². The first-order chi connectivity index (χ1) is 8.13. The Bertz CT molecular complexity index is 705. The van der Waals surface area contributed by atoms with Gasteiger partial charge in [0.25, 0.3) is 0 Å². The third-order valence-corrected chi connectivity index (χ3v) is 5.71. The lowest BCUT2D eigenvalue weighted by atomic mass is 10.2. The zero-order valence-corrected chi connectivity index (χ0v) is 12.4. The van der Waals surface area contributed by atoms with Crippen molar-refractivity contribution in [1.82, 2.24) is 0 Å². The van der Waals surface area contributed by atoms with Crippen molar-refractivity contribution in [3.05, 3.63) is 28.2 Å². The van der Waals surface area contributed by atoms with E-state index in [0.717, 1.165) is 6.26 Å². The molecule has 1 aromatic carbocycles. The van der Waals surface area contributed by atoms with E-state index in [1.807, 2.05) is 6.07 Å². The number of nitrogens with one attached hydrogen (secondary N) is 1. The molecular weight excluding hydrogens is 344 g/mol. The fourth-order valence-corrected chi connectivity index (χ4v) is 4.54. The van der Waals surface area contributed by atoms with Crippen LogP contribution in [0, 0.1) is 11.3 Å². The van der Waals surface area contributed by atoms with Gasteiger partial charge in [0.15, 0.2) is 14.9 Å². The van der Waals surface area contributed by atoms with Gasteiger partial charge < -0.3 is 0 Å². The Morgan fingerprint density at radius 3 is 2.44 bits per heavy atom. The summed E-state index contributed by atoms with van der Waals surface area (Å²) in [5, 5.41) is 7.82. The Balaban J connectivity index is 3.10. The standard InChI is InChI=1S/C9H9BrN2O4S2/c1-17(13,14)6-18(15,16)12-9-3-2-8(10)4-7(9)5-11/h2-4,12H,6H2,1H3. The lowest BCUT2D eigenvalue weighted by Crippen LogP contribution is -2.22. The number of hydrogen-bond acceptors (Lipinski definition) is 5. The molecule has 0 fully saturated rings. The van der Waals surface area contributed by atoms with Gasteiger partial charge in [0.1, 0.15) is 6.07 Å². The third-order valence-electron chi connectivity index (χ3n) is 1.74. The van der Waals surface area contributed by atoms with Gasteiger partial charge in [-0.2, -0.15) is 5.26 Å². The average Bonchev–Trinajstić information content (AvgIpc) is 2.16. The number of anilines is 1. The summed E-state index contributed by atoms with van der Waals surface area (Å²) in [5.74, 6) is 0. The summed E-state index contributed by atoms with van der Waals surface area (Å²) in [4.78, 5) is 0. The summed E-state index contributed by atoms with van der Waals surface area (Å²) in [7, 11) is -7.71. The normalized spacial score (nSPS) is 11.8. The lowest BCUT2D eigenvalue weighted by molar-refractivity contribution is 0.595. The summed E-state index contributed by atoms with van der Waals surface area (Å²) < 4.78 is 47.7. The Kier molecular flexibility index (Phi) is 4.37. The van der Waals surface area contributed by atoms with E-state index in [4.69, 9.17) is 5.26 Å². The van der Waals surface area contributed by atoms with Crippen LogP contribution >= 0.6 is 15.9 Å². The van der Waals surface area contributed by atoms with Crippen LogP contribution in [-0.2, 0) is 19.9 Å². The summed E-state index contributed by atoms with van der Waals surface area (Å²) in [5.41, 5.74) is 0.144. The second-order valence-electron chi connectivity index (χ2n) is 3.56. The molecule has 0 aliphatic rings. The first-order valence-corrected chi connectivity index (χ1v) is 9.01. The molecule has 0 spiro atoms. The van der Waals surface area contributed by atoms with Crippen molar-refractivity contribution in [2.45, 2.75) is 0 Å². The maximum Gasteiger partial charge on any atom is 0.247 e. The van der Waals surface area contributed by atoms with E-state index >= 15 is 0 Å². The predicted octanol–water partition coefficient (Wildman–Crippen LogP) is 1.06. The van der Waals surface area contributed by atoms with Gasteiger partial charge in [0.2, 0.25) is 10.0 Å². The molecule has 0 saturated carbocycles. The molecule has 0 aliphatic carbocycles. The molecular formula is C9H9BrN2O4S2. The second kappa shape index (κ2) is 5.26. The maximum atomic E-state index is 11.6. The molecule has 98 valence electrons. The number of nitriles is 1. The van der Waals surface area contributed by atoms with Crippen LogP contribution in [0.5, 0.6) is 0 Å². The van der Waals surface area contributed by atoms with Crippen molar-refractivity contribution in [3.8, 4) is 6.07 Å². The number of rotatable bonds is 4. The van der Waals surface area contributed by atoms with Crippen molar-refractivity contribution in [3.63, 3.8) is 0 Å². The third kappa shape index (κ3) is 4.64. The molecule has 6 nitrogen and oxygen atoms in total. The van der Waals surface area contributed by atoms with E-state index < -0.39 is 24.9 Å². The van der Waals surface area contributed by atoms with Crippen molar-refractivity contribution < 1.29 is 16.8 Å². The molecule has 18 heavy (non-hydrogen) atoms. The highest BCUT2D eigenvalue weighted by Gasteiger charge is 2.19. The largest absolute Gasteiger partial charge is 0.281 e. The highest BCUT2D eigenvalue weighted by atomic mass is 79.9. The van der Waals surface area contributed by atoms with Crippen LogP contribution in [0.2, 0.25) is 0 Å². The minimum atomic E-state index is -4.04. The van der Waals surface area contributed by atoms with Crippen molar-refractivity contribution in [1.29, 1.82) is 5.26 Å². The first kappa shape index (κ1) is 14.9. The number of sulfonamides is 1. The number of benzene rings is 1. The summed E-state index contributed by atoms with van der Waals surface area (Å²) in [6, 6.07) is 6.16. The average molecular weight is 353 g/mol. The zero-order valence-electron chi connectivity index (χ0n) is 9.21. The molecule has 1 rings (SSSR count). The van der Waals surface area contributed by atoms with Crippen molar-refractivity contribution in [2.24, 2.45) is 0 Å². The van der Waals surface area contributed by atoms with Gasteiger partial charge in [-0.05, 0) is 18.2 Å². The van der Waals surface area contributed by atoms with Crippen LogP contribution in [0.1, 0.15) is 5.56 Å². The minimum Gasteiger partial charge on any atom is -0.281 e. The SMILES string of the molecule is CS(=O)(=O)CS(=O)(=O)Nc1ccc(Br)cc1C#N. The van der Waals surface area contributed by atoms with Gasteiger partial charge in [0, 0.05) is 10.7 Å². The molecule has 0 unspecified atom stereocenters. The molecule has 1 N–H and O–H groups in total. The Hall–Kier alpha value is -1.11. The minimum absolute atomic E-state index is 0.0457. The van der Waals surface area contributed by atoms with E-state index in [-0.39, 0.29) is 11.3 Å². The van der Waals surface area contributed by atoms with Gasteiger partial charge in [-0.15, -0.1) is 0 Å². The summed E-state index contributed by atoms with van der Waals surface area (Å²) >= 11 is 3.14. The Morgan fingerprint density at radius 1 is 1.33 bits per heavy atom. The second-order valence-corrected chi connectivity index (χ2v) is 8.71. The maximum absolute atomic E-state index is 11.6. The molecule has 0 aromatic heterocycles. The lowest BCUT2D eigenvalue weighted by Gasteiger charge is -2.08. The van der Waals surface area contributed by atoms with E-state index in [1.165, 1.54) is 12.1 Å². The van der Waals surface area contributed by atoms with Crippen LogP contribution < -0.4 is 4.72 Å². The molecule has 1 aromatic rings. The van der Waals surface area contributed by atoms with Crippen molar-refractivity contribution >= 4 is 41.5 Å². The number of nitrogens with zero attached hydrogens (tertiary/aromatic N) is 1. The molecule has 0 bridgehead atoms. The molecule has 0 atom stereocenters. The Labute approximate surface area is 114 Å². The van der Waals surface area contributed by atoms with Gasteiger partial charge in [-0.3, -0.25) is 4.72 Å². The smallest absolute Gasteiger partial charge is 0.247 e. The molecule has 0 amide bonds. The molecule has 0 aliphatic heterocycles. The summed E-state index contributed by atoms with van der Waals surface area (Å²) in [6.07, 6.45) is 0.818. The quantitative estimate of drug-likeness (QED) is 0.872. The molecule has 0 saturated heterocycles. The fourth-order valence-electron chi connectivity index (χ4n) is 1.18. The van der Waals surface area contributed by atoms with Crippen LogP contribution in [0.25, 0.3) is 0 Å². The molecule has 9 heteroatoms. The van der Waals surface area contributed by atoms with Gasteiger partial charge in [-0.25, -0.2) is 16.8 Å². The molecule has 0 radical (unpaired) electrons. The van der Waals surface area contributed by atoms with E-state index in [0.29, 0.717) is 4.47 Å². The van der Waals surface area contributed by atoms with Gasteiger partial charge in [-0.1, -0.05) is 15.9 Å². The fraction of sp³-hybridized carbons (Fsp3) is 0.222. The highest BCUT2D eigenvalue weighted by molar-refractivity contribution is 9.10. The van der Waals surface area contributed by atoms with Gasteiger partial charge in [0.05, 0.1) is 11.3 Å². The molecule has 0 heterocycles. The van der Waals surface area contributed by atoms with E-state index in [1.54, 1.807) is 6.07 Å². The zero-order chi connectivity index (χ0) is 14.0. The number of hydrogen-bond donors (Lipinski definition) is 1. The number of sulfone groups is 1. The van der Waals surface area contributed by atoms with Crippen LogP contribution in [-0.4, -0.2) is 28.2 Å². The van der Waals surface area contributed by atoms with Crippen molar-refractivity contribution in [2.75, 3.05) is 16.1 Å². The first-order valence-electron chi connectivity index (χ1n) is 4.51. The highest BCUT2D eigenvalue weighted by Crippen LogP contribution is 2.21. The van der Waals surface area contributed by atoms with E-state index in [9.17, 15) is 16.8 Å². The summed E-state index contributed by atoms with van der Waals surface area (Å²) in [6.45, 7) is 0. The Morgan fingerprint density at radius 2 is 1.94 bits per heavy atom. The topological polar surface area (TPSA) is 104 Å². The number of halogens is 1.